The highest BCUT2D eigenvalue weighted by Gasteiger charge is 2.16. The summed E-state index contributed by atoms with van der Waals surface area (Å²) >= 11 is 9.20. The number of aryl methyl sites for hydroxylation is 1. The number of aromatic nitrogens is 1. The molecule has 0 bridgehead atoms. The maximum atomic E-state index is 10.9. The third-order valence-electron chi connectivity index (χ3n) is 2.48. The summed E-state index contributed by atoms with van der Waals surface area (Å²) in [5.41, 5.74) is 1.57. The smallest absolute Gasteiger partial charge is 0.311 e. The van der Waals surface area contributed by atoms with Gasteiger partial charge in [0, 0.05) is 10.5 Å². The summed E-state index contributed by atoms with van der Waals surface area (Å²) < 4.78 is 0.825. The number of anilines is 2. The molecule has 0 aliphatic carbocycles. The number of nitrogens with one attached hydrogen (secondary N) is 1. The molecule has 5 nitrogen and oxygen atoms in total. The van der Waals surface area contributed by atoms with E-state index < -0.39 is 4.92 Å². The first-order valence-electron chi connectivity index (χ1n) is 5.32. The topological polar surface area (TPSA) is 68.1 Å². The molecule has 1 aromatic carbocycles. The van der Waals surface area contributed by atoms with Crippen molar-refractivity contribution in [1.29, 1.82) is 0 Å². The van der Waals surface area contributed by atoms with Crippen molar-refractivity contribution >= 4 is 44.7 Å². The molecule has 1 aromatic heterocycles. The van der Waals surface area contributed by atoms with E-state index in [9.17, 15) is 10.1 Å². The average Bonchev–Trinajstić information content (AvgIpc) is 2.35. The number of hydrogen-bond donors (Lipinski definition) is 1. The molecule has 0 aliphatic heterocycles. The van der Waals surface area contributed by atoms with Crippen molar-refractivity contribution in [3.63, 3.8) is 0 Å². The Bertz CT molecular complexity index is 649. The highest BCUT2D eigenvalue weighted by molar-refractivity contribution is 9.10. The van der Waals surface area contributed by atoms with Crippen LogP contribution in [0.4, 0.5) is 17.2 Å². The van der Waals surface area contributed by atoms with E-state index in [2.05, 4.69) is 26.2 Å². The van der Waals surface area contributed by atoms with E-state index in [4.69, 9.17) is 11.6 Å². The van der Waals surface area contributed by atoms with Crippen molar-refractivity contribution in [3.05, 3.63) is 55.6 Å². The zero-order valence-corrected chi connectivity index (χ0v) is 12.2. The highest BCUT2D eigenvalue weighted by atomic mass is 79.9. The molecule has 1 heterocycles. The summed E-state index contributed by atoms with van der Waals surface area (Å²) in [5, 5.41) is 14.1. The molecule has 1 N–H and O–H groups in total. The van der Waals surface area contributed by atoms with Crippen LogP contribution in [0.3, 0.4) is 0 Å². The lowest BCUT2D eigenvalue weighted by Gasteiger charge is -2.09. The molecule has 98 valence electrons. The summed E-state index contributed by atoms with van der Waals surface area (Å²) in [6, 6.07) is 8.27. The van der Waals surface area contributed by atoms with Gasteiger partial charge >= 0.3 is 5.69 Å². The Hall–Kier alpha value is -1.66. The molecule has 0 atom stereocenters. The molecule has 0 saturated heterocycles. The third-order valence-corrected chi connectivity index (χ3v) is 3.74. The van der Waals surface area contributed by atoms with E-state index in [1.165, 1.54) is 12.1 Å². The Labute approximate surface area is 122 Å². The lowest BCUT2D eigenvalue weighted by atomic mass is 10.2. The fourth-order valence-electron chi connectivity index (χ4n) is 1.54. The van der Waals surface area contributed by atoms with Gasteiger partial charge in [-0.2, -0.15) is 0 Å². The lowest BCUT2D eigenvalue weighted by Crippen LogP contribution is -2.00. The van der Waals surface area contributed by atoms with E-state index >= 15 is 0 Å². The molecule has 0 radical (unpaired) electrons. The van der Waals surface area contributed by atoms with Crippen LogP contribution in [0.1, 0.15) is 5.56 Å². The van der Waals surface area contributed by atoms with Crippen LogP contribution in [-0.2, 0) is 0 Å². The Kier molecular flexibility index (Phi) is 4.01. The molecule has 7 heteroatoms. The van der Waals surface area contributed by atoms with Crippen molar-refractivity contribution in [2.45, 2.75) is 6.92 Å². The zero-order valence-electron chi connectivity index (χ0n) is 9.85. The third kappa shape index (κ3) is 3.02. The summed E-state index contributed by atoms with van der Waals surface area (Å²) in [7, 11) is 0. The van der Waals surface area contributed by atoms with Crippen molar-refractivity contribution in [1.82, 2.24) is 4.98 Å². The summed E-state index contributed by atoms with van der Waals surface area (Å²) in [6.07, 6.45) is 0. The highest BCUT2D eigenvalue weighted by Crippen LogP contribution is 2.32. The second-order valence-corrected chi connectivity index (χ2v) is 5.00. The van der Waals surface area contributed by atoms with Gasteiger partial charge in [0.15, 0.2) is 0 Å². The fourth-order valence-corrected chi connectivity index (χ4v) is 2.05. The molecule has 0 amide bonds. The van der Waals surface area contributed by atoms with E-state index in [-0.39, 0.29) is 16.7 Å². The van der Waals surface area contributed by atoms with Crippen LogP contribution < -0.4 is 5.32 Å². The molecule has 2 aromatic rings. The summed E-state index contributed by atoms with van der Waals surface area (Å²) in [6.45, 7) is 1.93. The minimum absolute atomic E-state index is 0.115. The number of benzene rings is 1. The molecular weight excluding hydrogens is 334 g/mol. The Morgan fingerprint density at radius 2 is 2.11 bits per heavy atom. The molecule has 0 unspecified atom stereocenters. The number of rotatable bonds is 3. The number of hydrogen-bond acceptors (Lipinski definition) is 4. The zero-order chi connectivity index (χ0) is 14.0. The van der Waals surface area contributed by atoms with Crippen LogP contribution in [0.25, 0.3) is 0 Å². The molecule has 2 rings (SSSR count). The SMILES string of the molecule is Cc1cccc(Nc2nc(Cl)ccc2[N+](=O)[O-])c1Br. The molecule has 0 fully saturated rings. The maximum Gasteiger partial charge on any atom is 0.311 e. The van der Waals surface area contributed by atoms with Gasteiger partial charge in [0.05, 0.1) is 10.6 Å². The average molecular weight is 343 g/mol. The normalized spacial score (nSPS) is 10.3. The minimum Gasteiger partial charge on any atom is -0.333 e. The van der Waals surface area contributed by atoms with Crippen molar-refractivity contribution in [2.75, 3.05) is 5.32 Å². The standard InChI is InChI=1S/C12H9BrClN3O2/c1-7-3-2-4-8(11(7)13)15-12-9(17(18)19)5-6-10(14)16-12/h2-6H,1H3,(H,15,16). The second-order valence-electron chi connectivity index (χ2n) is 3.82. The number of nitro groups is 1. The van der Waals surface area contributed by atoms with Crippen molar-refractivity contribution in [2.24, 2.45) is 0 Å². The van der Waals surface area contributed by atoms with E-state index in [1.54, 1.807) is 6.07 Å². The fraction of sp³-hybridized carbons (Fsp3) is 0.0833. The first-order valence-corrected chi connectivity index (χ1v) is 6.49. The van der Waals surface area contributed by atoms with E-state index in [0.717, 1.165) is 10.0 Å². The van der Waals surface area contributed by atoms with Crippen LogP contribution in [0, 0.1) is 17.0 Å². The Balaban J connectivity index is 2.45. The quantitative estimate of drug-likeness (QED) is 0.508. The van der Waals surface area contributed by atoms with Gasteiger partial charge in [-0.05, 0) is 40.5 Å². The van der Waals surface area contributed by atoms with Crippen LogP contribution in [0.15, 0.2) is 34.8 Å². The summed E-state index contributed by atoms with van der Waals surface area (Å²) in [5.74, 6) is 0.115. The van der Waals surface area contributed by atoms with Gasteiger partial charge in [-0.1, -0.05) is 23.7 Å². The van der Waals surface area contributed by atoms with Crippen LogP contribution in [-0.4, -0.2) is 9.91 Å². The monoisotopic (exact) mass is 341 g/mol. The van der Waals surface area contributed by atoms with Crippen molar-refractivity contribution in [3.8, 4) is 0 Å². The molecule has 0 saturated carbocycles. The first-order chi connectivity index (χ1) is 8.99. The summed E-state index contributed by atoms with van der Waals surface area (Å²) in [4.78, 5) is 14.4. The molecule has 0 spiro atoms. The number of pyridine rings is 1. The molecule has 19 heavy (non-hydrogen) atoms. The first kappa shape index (κ1) is 13.8. The van der Waals surface area contributed by atoms with Crippen LogP contribution in [0.2, 0.25) is 5.15 Å². The van der Waals surface area contributed by atoms with Crippen LogP contribution >= 0.6 is 27.5 Å². The Morgan fingerprint density at radius 3 is 2.79 bits per heavy atom. The van der Waals surface area contributed by atoms with E-state index in [1.807, 2.05) is 19.1 Å². The van der Waals surface area contributed by atoms with Gasteiger partial charge < -0.3 is 5.32 Å². The molecule has 0 aliphatic rings. The van der Waals surface area contributed by atoms with Gasteiger partial charge in [0.2, 0.25) is 5.82 Å². The second kappa shape index (κ2) is 5.54. The van der Waals surface area contributed by atoms with Gasteiger partial charge in [0.1, 0.15) is 5.15 Å². The van der Waals surface area contributed by atoms with E-state index in [0.29, 0.717) is 5.69 Å². The lowest BCUT2D eigenvalue weighted by molar-refractivity contribution is -0.384. The minimum atomic E-state index is -0.505. The van der Waals surface area contributed by atoms with Crippen LogP contribution in [0.5, 0.6) is 0 Å². The van der Waals surface area contributed by atoms with Crippen molar-refractivity contribution < 1.29 is 4.92 Å². The largest absolute Gasteiger partial charge is 0.333 e. The predicted octanol–water partition coefficient (Wildman–Crippen LogP) is 4.46. The number of nitrogens with zero attached hydrogens (tertiary/aromatic N) is 2. The predicted molar refractivity (Wildman–Crippen MR) is 78.1 cm³/mol. The van der Waals surface area contributed by atoms with Gasteiger partial charge in [-0.25, -0.2) is 4.98 Å². The number of halogens is 2. The van der Waals surface area contributed by atoms with Gasteiger partial charge in [-0.3, -0.25) is 10.1 Å². The maximum absolute atomic E-state index is 10.9. The Morgan fingerprint density at radius 1 is 1.37 bits per heavy atom. The molecular formula is C12H9BrClN3O2. The van der Waals surface area contributed by atoms with Gasteiger partial charge in [0.25, 0.3) is 0 Å². The van der Waals surface area contributed by atoms with Gasteiger partial charge in [-0.15, -0.1) is 0 Å².